The van der Waals surface area contributed by atoms with Gasteiger partial charge in [-0.25, -0.2) is 0 Å². The van der Waals surface area contributed by atoms with E-state index in [2.05, 4.69) is 44.2 Å². The minimum Gasteiger partial charge on any atom is -0.298 e. The smallest absolute Gasteiger partial charge is 0.150 e. The molecule has 0 aliphatic carbocycles. The zero-order valence-electron chi connectivity index (χ0n) is 23.9. The topological polar surface area (TPSA) is 17.1 Å². The molecule has 0 saturated carbocycles. The summed E-state index contributed by atoms with van der Waals surface area (Å²) >= 11 is 0. The van der Waals surface area contributed by atoms with Crippen molar-refractivity contribution in [1.82, 2.24) is 0 Å². The number of aldehydes is 1. The lowest BCUT2D eigenvalue weighted by Gasteiger charge is -2.15. The Morgan fingerprint density at radius 1 is 0.556 bits per heavy atom. The Bertz CT molecular complexity index is 821. The molecule has 0 spiro atoms. The highest BCUT2D eigenvalue weighted by Gasteiger charge is 2.13. The summed E-state index contributed by atoms with van der Waals surface area (Å²) in [6, 6.07) is 11.0. The van der Waals surface area contributed by atoms with E-state index in [1.54, 1.807) is 0 Å². The van der Waals surface area contributed by atoms with E-state index in [1.807, 2.05) is 0 Å². The Kier molecular flexibility index (Phi) is 17.4. The van der Waals surface area contributed by atoms with Crippen molar-refractivity contribution < 1.29 is 4.79 Å². The highest BCUT2D eigenvalue weighted by Crippen LogP contribution is 2.28. The highest BCUT2D eigenvalue weighted by molar-refractivity contribution is 5.94. The first-order chi connectivity index (χ1) is 17.8. The average Bonchev–Trinajstić information content (AvgIpc) is 2.90. The van der Waals surface area contributed by atoms with E-state index >= 15 is 0 Å². The maximum atomic E-state index is 12.3. The molecule has 2 aromatic carbocycles. The lowest BCUT2D eigenvalue weighted by Crippen LogP contribution is -2.02. The molecule has 0 bridgehead atoms. The van der Waals surface area contributed by atoms with Crippen LogP contribution in [0.2, 0.25) is 0 Å². The Balaban J connectivity index is 1.80. The van der Waals surface area contributed by atoms with Gasteiger partial charge in [-0.1, -0.05) is 160 Å². The maximum Gasteiger partial charge on any atom is 0.150 e. The molecule has 0 aromatic heterocycles. The largest absolute Gasteiger partial charge is 0.298 e. The van der Waals surface area contributed by atoms with Gasteiger partial charge in [-0.3, -0.25) is 4.79 Å². The molecule has 1 heteroatoms. The Labute approximate surface area is 223 Å². The van der Waals surface area contributed by atoms with Gasteiger partial charge in [0.2, 0.25) is 0 Å². The zero-order chi connectivity index (χ0) is 25.7. The molecule has 0 aliphatic rings. The van der Waals surface area contributed by atoms with Crippen LogP contribution in [0.25, 0.3) is 10.8 Å². The molecule has 0 amide bonds. The number of hydrogen-bond acceptors (Lipinski definition) is 1. The molecule has 0 heterocycles. The molecule has 0 N–H and O–H groups in total. The molecule has 202 valence electrons. The van der Waals surface area contributed by atoms with Crippen molar-refractivity contribution in [3.8, 4) is 0 Å². The van der Waals surface area contributed by atoms with Crippen molar-refractivity contribution in [3.63, 3.8) is 0 Å². The van der Waals surface area contributed by atoms with Crippen molar-refractivity contribution in [1.29, 1.82) is 0 Å². The van der Waals surface area contributed by atoms with Crippen molar-refractivity contribution in [3.05, 3.63) is 47.0 Å². The molecule has 0 aliphatic heterocycles. The molecule has 0 fully saturated rings. The quantitative estimate of drug-likeness (QED) is 0.111. The van der Waals surface area contributed by atoms with Crippen molar-refractivity contribution in [2.75, 3.05) is 0 Å². The molecule has 0 radical (unpaired) electrons. The van der Waals surface area contributed by atoms with Gasteiger partial charge in [-0.2, -0.15) is 0 Å². The van der Waals surface area contributed by atoms with Crippen molar-refractivity contribution in [2.45, 2.75) is 155 Å². The fourth-order valence-electron chi connectivity index (χ4n) is 5.72. The monoisotopic (exact) mass is 492 g/mol. The molecular formula is C35H56O. The van der Waals surface area contributed by atoms with Crippen LogP contribution in [0.5, 0.6) is 0 Å². The molecule has 36 heavy (non-hydrogen) atoms. The van der Waals surface area contributed by atoms with Crippen molar-refractivity contribution >= 4 is 17.1 Å². The number of carbonyl (C=O) groups is 1. The van der Waals surface area contributed by atoms with Gasteiger partial charge in [0.05, 0.1) is 0 Å². The molecule has 0 saturated heterocycles. The predicted octanol–water partition coefficient (Wildman–Crippen LogP) is 11.6. The van der Waals surface area contributed by atoms with Crippen LogP contribution in [0.4, 0.5) is 0 Å². The first-order valence-electron chi connectivity index (χ1n) is 15.8. The second kappa shape index (κ2) is 20.4. The fraction of sp³-hybridized carbons (Fsp3) is 0.686. The number of aryl methyl sites for hydroxylation is 2. The van der Waals surface area contributed by atoms with Gasteiger partial charge < -0.3 is 0 Å². The summed E-state index contributed by atoms with van der Waals surface area (Å²) in [4.78, 5) is 12.3. The van der Waals surface area contributed by atoms with Crippen molar-refractivity contribution in [2.24, 2.45) is 0 Å². The molecular weight excluding hydrogens is 436 g/mol. The van der Waals surface area contributed by atoms with E-state index < -0.39 is 0 Å². The summed E-state index contributed by atoms with van der Waals surface area (Å²) in [5.41, 5.74) is 3.59. The van der Waals surface area contributed by atoms with E-state index in [-0.39, 0.29) is 0 Å². The Hall–Kier alpha value is -1.63. The highest BCUT2D eigenvalue weighted by atomic mass is 16.1. The number of hydrogen-bond donors (Lipinski definition) is 0. The standard InChI is InChI=1S/C35H56O/c1-3-5-7-9-11-13-15-17-19-21-25-32-29-31-26-23-24-27-33(31)34(35(32)30-36)28-22-20-18-16-14-12-10-8-6-4-2/h23-24,26-27,29-30H,3-22,25,28H2,1-2H3. The summed E-state index contributed by atoms with van der Waals surface area (Å²) in [6.45, 7) is 4.57. The van der Waals surface area contributed by atoms with E-state index in [1.165, 1.54) is 150 Å². The van der Waals surface area contributed by atoms with E-state index in [4.69, 9.17) is 0 Å². The lowest BCUT2D eigenvalue weighted by molar-refractivity contribution is 0.112. The summed E-state index contributed by atoms with van der Waals surface area (Å²) in [6.07, 6.45) is 30.3. The normalized spacial score (nSPS) is 11.4. The Morgan fingerprint density at radius 3 is 1.50 bits per heavy atom. The minimum atomic E-state index is 1.00. The van der Waals surface area contributed by atoms with Crippen LogP contribution in [0, 0.1) is 0 Å². The third-order valence-corrected chi connectivity index (χ3v) is 7.98. The summed E-state index contributed by atoms with van der Waals surface area (Å²) in [7, 11) is 0. The fourth-order valence-corrected chi connectivity index (χ4v) is 5.72. The third-order valence-electron chi connectivity index (χ3n) is 7.98. The van der Waals surface area contributed by atoms with E-state index in [9.17, 15) is 4.79 Å². The minimum absolute atomic E-state index is 1.00. The first kappa shape index (κ1) is 30.6. The van der Waals surface area contributed by atoms with Crippen LogP contribution >= 0.6 is 0 Å². The van der Waals surface area contributed by atoms with Crippen LogP contribution in [0.15, 0.2) is 30.3 Å². The van der Waals surface area contributed by atoms with Crippen LogP contribution in [0.1, 0.15) is 164 Å². The molecule has 2 rings (SSSR count). The summed E-state index contributed by atoms with van der Waals surface area (Å²) in [5.74, 6) is 0. The lowest BCUT2D eigenvalue weighted by atomic mass is 9.89. The van der Waals surface area contributed by atoms with Gasteiger partial charge in [0.25, 0.3) is 0 Å². The number of unbranched alkanes of at least 4 members (excludes halogenated alkanes) is 18. The third kappa shape index (κ3) is 12.1. The van der Waals surface area contributed by atoms with Gasteiger partial charge in [0, 0.05) is 5.56 Å². The second-order valence-corrected chi connectivity index (χ2v) is 11.1. The van der Waals surface area contributed by atoms with Gasteiger partial charge in [-0.15, -0.1) is 0 Å². The molecule has 2 aromatic rings. The number of rotatable bonds is 23. The SMILES string of the molecule is CCCCCCCCCCCCc1cc2ccccc2c(CCCCCCCCCCCC)c1C=O. The van der Waals surface area contributed by atoms with Crippen LogP contribution in [0.3, 0.4) is 0 Å². The molecule has 0 atom stereocenters. The summed E-state index contributed by atoms with van der Waals surface area (Å²) < 4.78 is 0. The molecule has 1 nitrogen and oxygen atoms in total. The average molecular weight is 493 g/mol. The van der Waals surface area contributed by atoms with Gasteiger partial charge >= 0.3 is 0 Å². The van der Waals surface area contributed by atoms with Crippen LogP contribution in [-0.4, -0.2) is 6.29 Å². The summed E-state index contributed by atoms with van der Waals surface area (Å²) in [5, 5.41) is 2.61. The Morgan fingerprint density at radius 2 is 1.00 bits per heavy atom. The number of carbonyl (C=O) groups excluding carboxylic acids is 1. The number of benzene rings is 2. The van der Waals surface area contributed by atoms with Crippen LogP contribution in [-0.2, 0) is 12.8 Å². The number of fused-ring (bicyclic) bond motifs is 1. The zero-order valence-corrected chi connectivity index (χ0v) is 23.9. The van der Waals surface area contributed by atoms with Crippen LogP contribution < -0.4 is 0 Å². The van der Waals surface area contributed by atoms with Gasteiger partial charge in [0.1, 0.15) is 0 Å². The van der Waals surface area contributed by atoms with E-state index in [0.717, 1.165) is 24.7 Å². The van der Waals surface area contributed by atoms with Gasteiger partial charge in [-0.05, 0) is 47.6 Å². The first-order valence-corrected chi connectivity index (χ1v) is 15.8. The van der Waals surface area contributed by atoms with E-state index in [0.29, 0.717) is 0 Å². The second-order valence-electron chi connectivity index (χ2n) is 11.1. The molecule has 0 unspecified atom stereocenters. The maximum absolute atomic E-state index is 12.3. The predicted molar refractivity (Wildman–Crippen MR) is 160 cm³/mol. The van der Waals surface area contributed by atoms with Gasteiger partial charge in [0.15, 0.2) is 6.29 Å².